The summed E-state index contributed by atoms with van der Waals surface area (Å²) >= 11 is 5.97. The predicted octanol–water partition coefficient (Wildman–Crippen LogP) is 3.14. The fourth-order valence-electron chi connectivity index (χ4n) is 3.98. The van der Waals surface area contributed by atoms with Crippen molar-refractivity contribution in [3.05, 3.63) is 47.5 Å². The summed E-state index contributed by atoms with van der Waals surface area (Å²) in [6.07, 6.45) is 5.53. The molecule has 2 aliphatic rings. The first kappa shape index (κ1) is 19.9. The molecule has 0 aromatic carbocycles. The number of pyridine rings is 2. The highest BCUT2D eigenvalue weighted by Gasteiger charge is 2.65. The van der Waals surface area contributed by atoms with Crippen molar-refractivity contribution in [2.75, 3.05) is 24.1 Å². The number of aromatic nitrogens is 2. The van der Waals surface area contributed by atoms with Gasteiger partial charge in [-0.15, -0.1) is 0 Å². The van der Waals surface area contributed by atoms with Crippen LogP contribution in [0.1, 0.15) is 13.3 Å². The van der Waals surface area contributed by atoms with Crippen molar-refractivity contribution in [3.63, 3.8) is 0 Å². The van der Waals surface area contributed by atoms with Gasteiger partial charge in [0.1, 0.15) is 28.7 Å². The molecule has 2 aromatic heterocycles. The highest BCUT2D eigenvalue weighted by Crippen LogP contribution is 2.60. The minimum absolute atomic E-state index is 0.0663. The molecule has 152 valence electrons. The van der Waals surface area contributed by atoms with Gasteiger partial charge in [-0.05, 0) is 36.9 Å². The fraction of sp³-hybridized carbons (Fsp3) is 0.286. The van der Waals surface area contributed by atoms with E-state index < -0.39 is 0 Å². The molecular weight excluding hydrogens is 402 g/mol. The molecule has 30 heavy (non-hydrogen) atoms. The Balaban J connectivity index is 1.44. The van der Waals surface area contributed by atoms with Gasteiger partial charge in [-0.1, -0.05) is 18.2 Å². The van der Waals surface area contributed by atoms with Gasteiger partial charge in [0.2, 0.25) is 5.91 Å². The second-order valence-corrected chi connectivity index (χ2v) is 7.91. The maximum absolute atomic E-state index is 12.8. The van der Waals surface area contributed by atoms with Crippen LogP contribution in [0.4, 0.5) is 11.6 Å². The molecule has 4 rings (SSSR count). The van der Waals surface area contributed by atoms with Gasteiger partial charge < -0.3 is 16.0 Å². The molecule has 0 radical (unpaired) electrons. The number of rotatable bonds is 5. The number of anilines is 2. The van der Waals surface area contributed by atoms with Crippen LogP contribution >= 0.6 is 11.6 Å². The zero-order valence-corrected chi connectivity index (χ0v) is 17.1. The van der Waals surface area contributed by atoms with Crippen LogP contribution in [0.2, 0.25) is 5.15 Å². The standard InChI is InChI=1S/C21H20ClN7O/c1-3-12(8-23)19(25-4-2)29-10-21(11-29)7-15(21)20(30)28-17-6-13-5-16(22)27-18(24)14(13)9-26-17/h3-6,9,15H,1,7,10-11H2,2H3,(H2,24,27)(H,26,28,30)/b19-12-,25-4-. The number of hydrogen-bond acceptors (Lipinski definition) is 7. The van der Waals surface area contributed by atoms with Crippen molar-refractivity contribution in [3.8, 4) is 6.07 Å². The van der Waals surface area contributed by atoms with E-state index >= 15 is 0 Å². The van der Waals surface area contributed by atoms with Gasteiger partial charge in [-0.3, -0.25) is 4.79 Å². The van der Waals surface area contributed by atoms with E-state index in [1.54, 1.807) is 31.5 Å². The van der Waals surface area contributed by atoms with Gasteiger partial charge >= 0.3 is 0 Å². The van der Waals surface area contributed by atoms with Gasteiger partial charge in [0.25, 0.3) is 0 Å². The average molecular weight is 422 g/mol. The van der Waals surface area contributed by atoms with Crippen molar-refractivity contribution in [2.24, 2.45) is 16.3 Å². The number of halogens is 1. The Kier molecular flexibility index (Phi) is 4.92. The van der Waals surface area contributed by atoms with Gasteiger partial charge in [0.15, 0.2) is 0 Å². The van der Waals surface area contributed by atoms with Crippen LogP contribution < -0.4 is 11.1 Å². The van der Waals surface area contributed by atoms with E-state index in [2.05, 4.69) is 32.9 Å². The Morgan fingerprint density at radius 3 is 2.97 bits per heavy atom. The van der Waals surface area contributed by atoms with Crippen molar-refractivity contribution < 1.29 is 4.79 Å². The molecule has 1 saturated heterocycles. The van der Waals surface area contributed by atoms with E-state index in [0.717, 1.165) is 11.8 Å². The minimum Gasteiger partial charge on any atom is -0.383 e. The molecule has 1 amide bonds. The summed E-state index contributed by atoms with van der Waals surface area (Å²) in [5, 5.41) is 13.9. The monoisotopic (exact) mass is 421 g/mol. The van der Waals surface area contributed by atoms with Crippen LogP contribution in [-0.4, -0.2) is 40.1 Å². The lowest BCUT2D eigenvalue weighted by Gasteiger charge is -2.42. The Labute approximate surface area is 178 Å². The lowest BCUT2D eigenvalue weighted by Crippen LogP contribution is -2.49. The number of amides is 1. The van der Waals surface area contributed by atoms with E-state index in [0.29, 0.717) is 41.5 Å². The summed E-state index contributed by atoms with van der Waals surface area (Å²) in [5.41, 5.74) is 6.21. The topological polar surface area (TPSA) is 120 Å². The minimum atomic E-state index is -0.0986. The first-order valence-electron chi connectivity index (χ1n) is 9.44. The number of likely N-dealkylation sites (tertiary alicyclic amines) is 1. The zero-order valence-electron chi connectivity index (χ0n) is 16.4. The zero-order chi connectivity index (χ0) is 21.5. The molecule has 1 saturated carbocycles. The van der Waals surface area contributed by atoms with Crippen molar-refractivity contribution in [1.29, 1.82) is 5.26 Å². The number of nitrogens with zero attached hydrogens (tertiary/aromatic N) is 5. The summed E-state index contributed by atoms with van der Waals surface area (Å²) in [7, 11) is 0. The Hall–Kier alpha value is -3.44. The van der Waals surface area contributed by atoms with Crippen LogP contribution in [0.25, 0.3) is 10.8 Å². The maximum atomic E-state index is 12.8. The third-order valence-corrected chi connectivity index (χ3v) is 5.79. The SMILES string of the molecule is C=C/C(C#N)=C(\N=C/C)N1CC2(CC2C(=O)Nc2cc3cc(Cl)nc(N)c3cn2)C1. The van der Waals surface area contributed by atoms with Crippen molar-refractivity contribution in [1.82, 2.24) is 14.9 Å². The molecule has 2 fully saturated rings. The second kappa shape index (κ2) is 7.43. The molecule has 1 aliphatic heterocycles. The number of nitrogens with one attached hydrogen (secondary N) is 1. The van der Waals surface area contributed by atoms with Crippen molar-refractivity contribution >= 4 is 46.1 Å². The second-order valence-electron chi connectivity index (χ2n) is 7.53. The number of fused-ring (bicyclic) bond motifs is 1. The van der Waals surface area contributed by atoms with Crippen LogP contribution in [0.5, 0.6) is 0 Å². The number of nitrogen functional groups attached to an aromatic ring is 1. The summed E-state index contributed by atoms with van der Waals surface area (Å²) < 4.78 is 0. The van der Waals surface area contributed by atoms with Crippen molar-refractivity contribution in [2.45, 2.75) is 13.3 Å². The Morgan fingerprint density at radius 2 is 2.30 bits per heavy atom. The van der Waals surface area contributed by atoms with Gasteiger partial charge in [-0.25, -0.2) is 15.0 Å². The summed E-state index contributed by atoms with van der Waals surface area (Å²) in [6.45, 7) is 6.84. The Bertz CT molecular complexity index is 1160. The summed E-state index contributed by atoms with van der Waals surface area (Å²) in [6, 6.07) is 5.54. The average Bonchev–Trinajstić information content (AvgIpc) is 3.43. The molecule has 1 atom stereocenters. The van der Waals surface area contributed by atoms with Crippen LogP contribution in [0.3, 0.4) is 0 Å². The van der Waals surface area contributed by atoms with Crippen LogP contribution in [-0.2, 0) is 4.79 Å². The normalized spacial score (nSPS) is 19.9. The lowest BCUT2D eigenvalue weighted by atomic mass is 9.92. The van der Waals surface area contributed by atoms with E-state index in [9.17, 15) is 10.1 Å². The first-order valence-corrected chi connectivity index (χ1v) is 9.81. The summed E-state index contributed by atoms with van der Waals surface area (Å²) in [5.74, 6) is 1.18. The number of hydrogen-bond donors (Lipinski definition) is 2. The third-order valence-electron chi connectivity index (χ3n) is 5.60. The first-order chi connectivity index (χ1) is 14.4. The molecule has 8 nitrogen and oxygen atoms in total. The number of nitriles is 1. The fourth-order valence-corrected chi connectivity index (χ4v) is 4.19. The summed E-state index contributed by atoms with van der Waals surface area (Å²) in [4.78, 5) is 27.4. The molecule has 1 unspecified atom stereocenters. The lowest BCUT2D eigenvalue weighted by molar-refractivity contribution is -0.119. The number of carbonyl (C=O) groups excluding carboxylic acids is 1. The molecular formula is C21H20ClN7O. The number of aliphatic imine (C=N–C) groups is 1. The molecule has 3 N–H and O–H groups in total. The maximum Gasteiger partial charge on any atom is 0.229 e. The Morgan fingerprint density at radius 1 is 1.53 bits per heavy atom. The number of carbonyl (C=O) groups is 1. The van der Waals surface area contributed by atoms with Crippen LogP contribution in [0.15, 0.2) is 47.4 Å². The van der Waals surface area contributed by atoms with Crippen LogP contribution in [0, 0.1) is 22.7 Å². The molecule has 9 heteroatoms. The smallest absolute Gasteiger partial charge is 0.229 e. The molecule has 1 aliphatic carbocycles. The molecule has 1 spiro atoms. The van der Waals surface area contributed by atoms with Gasteiger partial charge in [0, 0.05) is 42.2 Å². The van der Waals surface area contributed by atoms with Gasteiger partial charge in [-0.2, -0.15) is 5.26 Å². The quantitative estimate of drug-likeness (QED) is 0.331. The van der Waals surface area contributed by atoms with E-state index in [-0.39, 0.29) is 22.4 Å². The highest BCUT2D eigenvalue weighted by molar-refractivity contribution is 6.30. The number of allylic oxidation sites excluding steroid dienone is 2. The highest BCUT2D eigenvalue weighted by atomic mass is 35.5. The largest absolute Gasteiger partial charge is 0.383 e. The van der Waals surface area contributed by atoms with E-state index in [1.165, 1.54) is 6.08 Å². The van der Waals surface area contributed by atoms with Gasteiger partial charge in [0.05, 0.1) is 5.57 Å². The number of nitrogens with two attached hydrogens (primary N) is 1. The molecule has 2 aromatic rings. The van der Waals surface area contributed by atoms with E-state index in [1.807, 2.05) is 4.90 Å². The molecule has 0 bridgehead atoms. The predicted molar refractivity (Wildman–Crippen MR) is 117 cm³/mol. The molecule has 3 heterocycles. The third kappa shape index (κ3) is 3.37. The van der Waals surface area contributed by atoms with E-state index in [4.69, 9.17) is 17.3 Å².